The molecule has 0 fully saturated rings. The van der Waals surface area contributed by atoms with Gasteiger partial charge in [0.05, 0.1) is 5.56 Å². The summed E-state index contributed by atoms with van der Waals surface area (Å²) in [5.74, 6) is -0.467. The van der Waals surface area contributed by atoms with Gasteiger partial charge in [-0.3, -0.25) is 4.79 Å². The van der Waals surface area contributed by atoms with E-state index in [4.69, 9.17) is 0 Å². The summed E-state index contributed by atoms with van der Waals surface area (Å²) in [6, 6.07) is 4.91. The molecule has 0 aliphatic rings. The molecular weight excluding hydrogens is 229 g/mol. The number of alkyl halides is 3. The first-order valence-corrected chi connectivity index (χ1v) is 5.31. The van der Waals surface area contributed by atoms with Crippen molar-refractivity contribution >= 4 is 5.78 Å². The van der Waals surface area contributed by atoms with Gasteiger partial charge in [0, 0.05) is 12.0 Å². The summed E-state index contributed by atoms with van der Waals surface area (Å²) in [6.45, 7) is 5.46. The molecule has 0 aliphatic heterocycles. The average Bonchev–Trinajstić information content (AvgIpc) is 2.13. The summed E-state index contributed by atoms with van der Waals surface area (Å²) in [6.07, 6.45) is -4.38. The lowest BCUT2D eigenvalue weighted by Gasteiger charge is -2.18. The Balaban J connectivity index is 3.11. The van der Waals surface area contributed by atoms with Crippen LogP contribution < -0.4 is 0 Å². The van der Waals surface area contributed by atoms with Crippen molar-refractivity contribution in [2.24, 2.45) is 5.41 Å². The Kier molecular flexibility index (Phi) is 3.65. The van der Waals surface area contributed by atoms with Crippen molar-refractivity contribution in [1.82, 2.24) is 0 Å². The molecule has 17 heavy (non-hydrogen) atoms. The van der Waals surface area contributed by atoms with E-state index >= 15 is 0 Å². The second-order valence-corrected chi connectivity index (χ2v) is 5.20. The third kappa shape index (κ3) is 3.88. The van der Waals surface area contributed by atoms with Gasteiger partial charge in [0.25, 0.3) is 0 Å². The second kappa shape index (κ2) is 4.51. The third-order valence-electron chi connectivity index (χ3n) is 2.22. The van der Waals surface area contributed by atoms with Gasteiger partial charge in [0.15, 0.2) is 5.78 Å². The lowest BCUT2D eigenvalue weighted by molar-refractivity contribution is -0.137. The number of hydrogen-bond donors (Lipinski definition) is 0. The molecule has 0 saturated carbocycles. The van der Waals surface area contributed by atoms with Crippen molar-refractivity contribution in [2.75, 3.05) is 0 Å². The number of Topliss-reactive ketones (excluding diaryl/α,β-unsaturated/α-hetero) is 1. The molecule has 1 nitrogen and oxygen atoms in total. The number of carbonyl (C=O) groups excluding carboxylic acids is 1. The van der Waals surface area contributed by atoms with Crippen LogP contribution in [0, 0.1) is 5.41 Å². The Morgan fingerprint density at radius 3 is 2.12 bits per heavy atom. The molecule has 0 bridgehead atoms. The molecule has 94 valence electrons. The lowest BCUT2D eigenvalue weighted by atomic mass is 9.86. The van der Waals surface area contributed by atoms with Crippen LogP contribution in [0.4, 0.5) is 13.2 Å². The highest BCUT2D eigenvalue weighted by Crippen LogP contribution is 2.33. The zero-order chi connectivity index (χ0) is 13.3. The standard InChI is InChI=1S/C13H15F3O/c1-12(2,3)8-11(17)9-6-4-5-7-10(9)13(14,15)16/h4-7H,8H2,1-3H3. The van der Waals surface area contributed by atoms with Gasteiger partial charge in [0.2, 0.25) is 0 Å². The molecule has 0 radical (unpaired) electrons. The fourth-order valence-corrected chi connectivity index (χ4v) is 1.55. The Morgan fingerprint density at radius 2 is 1.65 bits per heavy atom. The van der Waals surface area contributed by atoms with Gasteiger partial charge in [-0.15, -0.1) is 0 Å². The van der Waals surface area contributed by atoms with Crippen molar-refractivity contribution in [2.45, 2.75) is 33.4 Å². The van der Waals surface area contributed by atoms with E-state index in [9.17, 15) is 18.0 Å². The predicted molar refractivity (Wildman–Crippen MR) is 59.8 cm³/mol. The molecule has 1 aromatic carbocycles. The molecule has 0 aliphatic carbocycles. The van der Waals surface area contributed by atoms with Crippen LogP contribution >= 0.6 is 0 Å². The molecule has 0 unspecified atom stereocenters. The minimum Gasteiger partial charge on any atom is -0.294 e. The zero-order valence-corrected chi connectivity index (χ0v) is 10.1. The molecule has 0 heterocycles. The third-order valence-corrected chi connectivity index (χ3v) is 2.22. The van der Waals surface area contributed by atoms with Crippen molar-refractivity contribution in [3.63, 3.8) is 0 Å². The van der Waals surface area contributed by atoms with E-state index < -0.39 is 17.5 Å². The van der Waals surface area contributed by atoms with E-state index in [0.717, 1.165) is 6.07 Å². The number of hydrogen-bond acceptors (Lipinski definition) is 1. The summed E-state index contributed by atoms with van der Waals surface area (Å²) in [7, 11) is 0. The highest BCUT2D eigenvalue weighted by molar-refractivity contribution is 5.98. The number of benzene rings is 1. The molecule has 1 aromatic rings. The highest BCUT2D eigenvalue weighted by Gasteiger charge is 2.35. The van der Waals surface area contributed by atoms with E-state index in [1.165, 1.54) is 18.2 Å². The van der Waals surface area contributed by atoms with Gasteiger partial charge in [-0.2, -0.15) is 13.2 Å². The van der Waals surface area contributed by atoms with Crippen molar-refractivity contribution in [3.8, 4) is 0 Å². The SMILES string of the molecule is CC(C)(C)CC(=O)c1ccccc1C(F)(F)F. The molecule has 0 saturated heterocycles. The molecule has 0 atom stereocenters. The predicted octanol–water partition coefficient (Wildman–Crippen LogP) is 4.32. The number of rotatable bonds is 2. The summed E-state index contributed by atoms with van der Waals surface area (Å²) < 4.78 is 38.1. The molecule has 0 N–H and O–H groups in total. The molecule has 4 heteroatoms. The van der Waals surface area contributed by atoms with Crippen LogP contribution in [-0.2, 0) is 6.18 Å². The summed E-state index contributed by atoms with van der Waals surface area (Å²) in [5.41, 5.74) is -1.42. The topological polar surface area (TPSA) is 17.1 Å². The summed E-state index contributed by atoms with van der Waals surface area (Å²) >= 11 is 0. The largest absolute Gasteiger partial charge is 0.417 e. The Hall–Kier alpha value is -1.32. The lowest BCUT2D eigenvalue weighted by Crippen LogP contribution is -2.17. The van der Waals surface area contributed by atoms with E-state index in [1.807, 2.05) is 20.8 Å². The summed E-state index contributed by atoms with van der Waals surface area (Å²) in [4.78, 5) is 11.8. The monoisotopic (exact) mass is 244 g/mol. The minimum atomic E-state index is -4.48. The second-order valence-electron chi connectivity index (χ2n) is 5.20. The fourth-order valence-electron chi connectivity index (χ4n) is 1.55. The normalized spacial score (nSPS) is 12.6. The van der Waals surface area contributed by atoms with Crippen LogP contribution in [0.25, 0.3) is 0 Å². The highest BCUT2D eigenvalue weighted by atomic mass is 19.4. The van der Waals surface area contributed by atoms with Crippen LogP contribution in [0.5, 0.6) is 0 Å². The van der Waals surface area contributed by atoms with Crippen LogP contribution in [0.2, 0.25) is 0 Å². The van der Waals surface area contributed by atoms with Gasteiger partial charge in [-0.1, -0.05) is 39.0 Å². The first kappa shape index (κ1) is 13.7. The molecule has 0 amide bonds. The van der Waals surface area contributed by atoms with E-state index in [2.05, 4.69) is 0 Å². The molecule has 1 rings (SSSR count). The quantitative estimate of drug-likeness (QED) is 0.708. The van der Waals surface area contributed by atoms with E-state index in [-0.39, 0.29) is 17.4 Å². The Bertz CT molecular complexity index is 413. The maximum absolute atomic E-state index is 12.7. The maximum atomic E-state index is 12.7. The van der Waals surface area contributed by atoms with Crippen LogP contribution in [0.3, 0.4) is 0 Å². The average molecular weight is 244 g/mol. The van der Waals surface area contributed by atoms with Crippen molar-refractivity contribution < 1.29 is 18.0 Å². The molecule has 0 aromatic heterocycles. The van der Waals surface area contributed by atoms with Crippen LogP contribution in [0.15, 0.2) is 24.3 Å². The first-order valence-electron chi connectivity index (χ1n) is 5.31. The Morgan fingerprint density at radius 1 is 1.12 bits per heavy atom. The van der Waals surface area contributed by atoms with Crippen molar-refractivity contribution in [3.05, 3.63) is 35.4 Å². The smallest absolute Gasteiger partial charge is 0.294 e. The number of carbonyl (C=O) groups is 1. The molecular formula is C13H15F3O. The van der Waals surface area contributed by atoms with E-state index in [0.29, 0.717) is 0 Å². The van der Waals surface area contributed by atoms with Gasteiger partial charge in [-0.25, -0.2) is 0 Å². The van der Waals surface area contributed by atoms with Gasteiger partial charge < -0.3 is 0 Å². The minimum absolute atomic E-state index is 0.0973. The maximum Gasteiger partial charge on any atom is 0.417 e. The zero-order valence-electron chi connectivity index (χ0n) is 10.1. The van der Waals surface area contributed by atoms with Gasteiger partial charge in [-0.05, 0) is 11.5 Å². The van der Waals surface area contributed by atoms with Gasteiger partial charge in [0.1, 0.15) is 0 Å². The van der Waals surface area contributed by atoms with Crippen LogP contribution in [-0.4, -0.2) is 5.78 Å². The first-order chi connectivity index (χ1) is 7.61. The van der Waals surface area contributed by atoms with E-state index in [1.54, 1.807) is 0 Å². The van der Waals surface area contributed by atoms with Crippen LogP contribution in [0.1, 0.15) is 43.1 Å². The number of ketones is 1. The number of halogens is 3. The van der Waals surface area contributed by atoms with Crippen molar-refractivity contribution in [1.29, 1.82) is 0 Å². The molecule has 0 spiro atoms. The summed E-state index contributed by atoms with van der Waals surface area (Å²) in [5, 5.41) is 0. The Labute approximate surface area is 98.6 Å². The van der Waals surface area contributed by atoms with Gasteiger partial charge >= 0.3 is 6.18 Å². The fraction of sp³-hybridized carbons (Fsp3) is 0.462.